The van der Waals surface area contributed by atoms with Crippen molar-refractivity contribution in [2.24, 2.45) is 0 Å². The van der Waals surface area contributed by atoms with E-state index in [1.807, 2.05) is 0 Å². The van der Waals surface area contributed by atoms with Crippen molar-refractivity contribution in [1.29, 1.82) is 0 Å². The van der Waals surface area contributed by atoms with E-state index in [0.717, 1.165) is 0 Å². The molecule has 0 atom stereocenters. The molecule has 27 heavy (non-hydrogen) atoms. The van der Waals surface area contributed by atoms with E-state index >= 15 is 0 Å². The van der Waals surface area contributed by atoms with Crippen LogP contribution in [0.25, 0.3) is 0 Å². The second-order valence-electron chi connectivity index (χ2n) is 5.85. The summed E-state index contributed by atoms with van der Waals surface area (Å²) in [5.41, 5.74) is 0.492. The smallest absolute Gasteiger partial charge is 0.421 e. The van der Waals surface area contributed by atoms with Crippen molar-refractivity contribution in [3.05, 3.63) is 35.0 Å². The lowest BCUT2D eigenvalue weighted by Crippen LogP contribution is -2.22. The molecule has 2 aromatic rings. The largest absolute Gasteiger partial charge is 0.494 e. The van der Waals surface area contributed by atoms with Gasteiger partial charge in [-0.3, -0.25) is 4.79 Å². The normalized spacial score (nSPS) is 11.1. The van der Waals surface area contributed by atoms with E-state index in [1.165, 1.54) is 19.1 Å². The van der Waals surface area contributed by atoms with Gasteiger partial charge in [0.1, 0.15) is 17.1 Å². The van der Waals surface area contributed by atoms with E-state index in [9.17, 15) is 18.0 Å². The Morgan fingerprint density at radius 1 is 1.26 bits per heavy atom. The summed E-state index contributed by atoms with van der Waals surface area (Å²) >= 11 is 0. The van der Waals surface area contributed by atoms with E-state index in [2.05, 4.69) is 20.6 Å². The Kier molecular flexibility index (Phi) is 5.77. The van der Waals surface area contributed by atoms with Gasteiger partial charge in [0.25, 0.3) is 5.91 Å². The summed E-state index contributed by atoms with van der Waals surface area (Å²) in [6.45, 7) is 1.72. The third-order valence-corrected chi connectivity index (χ3v) is 3.82. The van der Waals surface area contributed by atoms with Crippen molar-refractivity contribution in [3.63, 3.8) is 0 Å². The van der Waals surface area contributed by atoms with Gasteiger partial charge in [-0.1, -0.05) is 0 Å². The van der Waals surface area contributed by atoms with Gasteiger partial charge in [0.05, 0.1) is 12.8 Å². The van der Waals surface area contributed by atoms with Crippen LogP contribution in [0.1, 0.15) is 21.5 Å². The third kappa shape index (κ3) is 4.21. The van der Waals surface area contributed by atoms with Gasteiger partial charge in [-0.2, -0.15) is 18.2 Å². The molecule has 0 radical (unpaired) electrons. The predicted octanol–water partition coefficient (Wildman–Crippen LogP) is 3.30. The van der Waals surface area contributed by atoms with E-state index in [4.69, 9.17) is 4.74 Å². The molecule has 0 bridgehead atoms. The number of benzene rings is 1. The lowest BCUT2D eigenvalue weighted by atomic mass is 10.1. The number of nitrogens with one attached hydrogen (secondary N) is 2. The van der Waals surface area contributed by atoms with Gasteiger partial charge >= 0.3 is 6.18 Å². The number of methoxy groups -OCH3 is 1. The summed E-state index contributed by atoms with van der Waals surface area (Å²) in [6, 6.07) is 3.19. The second-order valence-corrected chi connectivity index (χ2v) is 5.85. The fourth-order valence-corrected chi connectivity index (χ4v) is 2.49. The topological polar surface area (TPSA) is 79.4 Å². The first-order valence-corrected chi connectivity index (χ1v) is 7.88. The number of hydrogen-bond donors (Lipinski definition) is 2. The minimum atomic E-state index is -4.57. The maximum absolute atomic E-state index is 13.0. The van der Waals surface area contributed by atoms with Crippen molar-refractivity contribution in [2.45, 2.75) is 13.1 Å². The highest BCUT2D eigenvalue weighted by Crippen LogP contribution is 2.36. The molecule has 2 N–H and O–H groups in total. The van der Waals surface area contributed by atoms with Gasteiger partial charge in [0.2, 0.25) is 5.95 Å². The lowest BCUT2D eigenvalue weighted by molar-refractivity contribution is -0.137. The molecule has 0 saturated carbocycles. The molecule has 7 nitrogen and oxygen atoms in total. The molecule has 146 valence electrons. The van der Waals surface area contributed by atoms with Crippen LogP contribution in [0.4, 0.5) is 30.6 Å². The molecular formula is C17H20F3N5O2. The fourth-order valence-electron chi connectivity index (χ4n) is 2.49. The number of carbonyl (C=O) groups excluding carboxylic acids is 1. The van der Waals surface area contributed by atoms with Crippen LogP contribution in [-0.4, -0.2) is 49.0 Å². The average Bonchev–Trinajstić information content (AvgIpc) is 2.60. The van der Waals surface area contributed by atoms with Gasteiger partial charge in [-0.25, -0.2) is 4.98 Å². The van der Waals surface area contributed by atoms with Crippen LogP contribution in [0.5, 0.6) is 5.75 Å². The number of halogens is 3. The Morgan fingerprint density at radius 3 is 2.44 bits per heavy atom. The zero-order valence-corrected chi connectivity index (χ0v) is 15.5. The number of ether oxygens (including phenoxy) is 1. The maximum Gasteiger partial charge on any atom is 0.421 e. The number of amides is 1. The Hall–Kier alpha value is -3.04. The van der Waals surface area contributed by atoms with Crippen molar-refractivity contribution in [2.75, 3.05) is 38.9 Å². The molecule has 0 saturated heterocycles. The monoisotopic (exact) mass is 383 g/mol. The van der Waals surface area contributed by atoms with Crippen molar-refractivity contribution in [3.8, 4) is 5.75 Å². The number of nitrogens with zero attached hydrogens (tertiary/aromatic N) is 3. The first-order chi connectivity index (χ1) is 12.6. The average molecular weight is 383 g/mol. The number of hydrogen-bond acceptors (Lipinski definition) is 6. The molecule has 0 aliphatic carbocycles. The first-order valence-electron chi connectivity index (χ1n) is 7.88. The number of carbonyl (C=O) groups is 1. The SMILES string of the molecule is CNc1nc(Nc2ccc(C(=O)N(C)C)c(C)c2OC)ncc1C(F)(F)F. The Balaban J connectivity index is 2.43. The van der Waals surface area contributed by atoms with Gasteiger partial charge < -0.3 is 20.3 Å². The fraction of sp³-hybridized carbons (Fsp3) is 0.353. The highest BCUT2D eigenvalue weighted by atomic mass is 19.4. The third-order valence-electron chi connectivity index (χ3n) is 3.82. The summed E-state index contributed by atoms with van der Waals surface area (Å²) < 4.78 is 44.2. The van der Waals surface area contributed by atoms with Crippen LogP contribution < -0.4 is 15.4 Å². The van der Waals surface area contributed by atoms with Crippen LogP contribution in [0.15, 0.2) is 18.3 Å². The Bertz CT molecular complexity index is 853. The molecule has 2 rings (SSSR count). The van der Waals surface area contributed by atoms with Crippen molar-refractivity contribution >= 4 is 23.4 Å². The lowest BCUT2D eigenvalue weighted by Gasteiger charge is -2.18. The number of alkyl halides is 3. The van der Waals surface area contributed by atoms with Gasteiger partial charge in [0, 0.05) is 38.5 Å². The quantitative estimate of drug-likeness (QED) is 0.825. The molecule has 1 aromatic carbocycles. The highest BCUT2D eigenvalue weighted by molar-refractivity contribution is 5.97. The van der Waals surface area contributed by atoms with E-state index < -0.39 is 11.7 Å². The summed E-state index contributed by atoms with van der Waals surface area (Å²) in [6.07, 6.45) is -3.87. The van der Waals surface area contributed by atoms with Crippen LogP contribution >= 0.6 is 0 Å². The minimum absolute atomic E-state index is 0.0447. The van der Waals surface area contributed by atoms with Crippen LogP contribution in [0.3, 0.4) is 0 Å². The molecule has 1 heterocycles. The second kappa shape index (κ2) is 7.68. The first kappa shape index (κ1) is 20.3. The van der Waals surface area contributed by atoms with E-state index in [1.54, 1.807) is 33.2 Å². The molecule has 1 amide bonds. The maximum atomic E-state index is 13.0. The molecule has 0 fully saturated rings. The summed E-state index contributed by atoms with van der Waals surface area (Å²) in [5.74, 6) is -0.218. The molecule has 1 aromatic heterocycles. The zero-order valence-electron chi connectivity index (χ0n) is 15.5. The zero-order chi connectivity index (χ0) is 20.4. The van der Waals surface area contributed by atoms with Gasteiger partial charge in [-0.05, 0) is 19.1 Å². The van der Waals surface area contributed by atoms with Gasteiger partial charge in [-0.15, -0.1) is 0 Å². The Labute approximate surface area is 154 Å². The van der Waals surface area contributed by atoms with Crippen LogP contribution in [-0.2, 0) is 6.18 Å². The molecule has 0 aliphatic heterocycles. The summed E-state index contributed by atoms with van der Waals surface area (Å²) in [7, 11) is 6.04. The molecule has 0 aliphatic rings. The predicted molar refractivity (Wildman–Crippen MR) is 95.6 cm³/mol. The van der Waals surface area contributed by atoms with Crippen molar-refractivity contribution in [1.82, 2.24) is 14.9 Å². The molecule has 10 heteroatoms. The van der Waals surface area contributed by atoms with Gasteiger partial charge in [0.15, 0.2) is 0 Å². The van der Waals surface area contributed by atoms with E-state index in [-0.39, 0.29) is 17.7 Å². The summed E-state index contributed by atoms with van der Waals surface area (Å²) in [4.78, 5) is 21.3. The van der Waals surface area contributed by atoms with Crippen LogP contribution in [0, 0.1) is 6.92 Å². The molecule has 0 spiro atoms. The number of aromatic nitrogens is 2. The number of anilines is 3. The summed E-state index contributed by atoms with van der Waals surface area (Å²) in [5, 5.41) is 5.25. The Morgan fingerprint density at radius 2 is 1.93 bits per heavy atom. The minimum Gasteiger partial charge on any atom is -0.494 e. The van der Waals surface area contributed by atoms with E-state index in [0.29, 0.717) is 28.8 Å². The van der Waals surface area contributed by atoms with Crippen LogP contribution in [0.2, 0.25) is 0 Å². The molecule has 0 unspecified atom stereocenters. The standard InChI is InChI=1S/C17H20F3N5O2/c1-9-10(15(26)25(3)4)6-7-12(13(9)27-5)23-16-22-8-11(17(18,19)20)14(21-2)24-16/h6-8H,1-5H3,(H2,21,22,23,24). The molecular weight excluding hydrogens is 363 g/mol. The van der Waals surface area contributed by atoms with Crippen molar-refractivity contribution < 1.29 is 22.7 Å². The highest BCUT2D eigenvalue weighted by Gasteiger charge is 2.35. The number of rotatable bonds is 5.